The predicted octanol–water partition coefficient (Wildman–Crippen LogP) is 3.89. The number of piperidine rings is 1. The zero-order valence-corrected chi connectivity index (χ0v) is 20.4. The molecule has 1 saturated heterocycles. The lowest BCUT2D eigenvalue weighted by molar-refractivity contribution is 0.0554. The monoisotopic (exact) mass is 471 g/mol. The van der Waals surface area contributed by atoms with Crippen molar-refractivity contribution >= 4 is 21.6 Å². The Balaban J connectivity index is 1.61. The molecule has 33 heavy (non-hydrogen) atoms. The van der Waals surface area contributed by atoms with E-state index in [1.54, 1.807) is 24.3 Å². The van der Waals surface area contributed by atoms with Crippen molar-refractivity contribution in [3.8, 4) is 5.75 Å². The molecule has 1 amide bonds. The number of ether oxygens (including phenoxy) is 1. The molecule has 0 unspecified atom stereocenters. The maximum Gasteiger partial charge on any atom is 0.265 e. The van der Waals surface area contributed by atoms with Gasteiger partial charge in [0, 0.05) is 36.4 Å². The summed E-state index contributed by atoms with van der Waals surface area (Å²) < 4.78 is 34.4. The largest absolute Gasteiger partial charge is 0.495 e. The van der Waals surface area contributed by atoms with Gasteiger partial charge in [0.15, 0.2) is 0 Å². The second-order valence-electron chi connectivity index (χ2n) is 8.95. The average molecular weight is 472 g/mol. The third-order valence-corrected chi connectivity index (χ3v) is 7.98. The molecule has 1 aliphatic heterocycles. The molecule has 178 valence electrons. The number of benzene rings is 2. The van der Waals surface area contributed by atoms with Gasteiger partial charge in [0.2, 0.25) is 0 Å². The van der Waals surface area contributed by atoms with E-state index >= 15 is 0 Å². The summed E-state index contributed by atoms with van der Waals surface area (Å²) in [6, 6.07) is 12.2. The highest BCUT2D eigenvalue weighted by molar-refractivity contribution is 7.92. The number of carbonyl (C=O) groups is 1. The fourth-order valence-electron chi connectivity index (χ4n) is 4.50. The van der Waals surface area contributed by atoms with Crippen LogP contribution in [0.1, 0.15) is 48.5 Å². The van der Waals surface area contributed by atoms with Crippen molar-refractivity contribution in [2.24, 2.45) is 0 Å². The van der Waals surface area contributed by atoms with Gasteiger partial charge >= 0.3 is 0 Å². The van der Waals surface area contributed by atoms with Gasteiger partial charge < -0.3 is 14.5 Å². The van der Waals surface area contributed by atoms with Crippen LogP contribution >= 0.6 is 0 Å². The molecule has 8 heteroatoms. The molecule has 1 aliphatic carbocycles. The lowest BCUT2D eigenvalue weighted by atomic mass is 10.0. The Morgan fingerprint density at radius 2 is 1.70 bits per heavy atom. The molecule has 7 nitrogen and oxygen atoms in total. The maximum atomic E-state index is 13.6. The molecule has 1 N–H and O–H groups in total. The molecule has 1 saturated carbocycles. The Bertz CT molecular complexity index is 1090. The Kier molecular flexibility index (Phi) is 6.95. The van der Waals surface area contributed by atoms with Crippen molar-refractivity contribution in [3.63, 3.8) is 0 Å². The van der Waals surface area contributed by atoms with Crippen LogP contribution in [0.5, 0.6) is 5.75 Å². The summed E-state index contributed by atoms with van der Waals surface area (Å²) in [6.07, 6.45) is 3.92. The molecular formula is C25H33N3O4S. The number of nitrogens with zero attached hydrogens (tertiary/aromatic N) is 2. The molecule has 2 aliphatic rings. The predicted molar refractivity (Wildman–Crippen MR) is 129 cm³/mol. The van der Waals surface area contributed by atoms with Crippen LogP contribution in [0.15, 0.2) is 47.4 Å². The van der Waals surface area contributed by atoms with Gasteiger partial charge in [0.05, 0.1) is 7.11 Å². The van der Waals surface area contributed by atoms with Crippen molar-refractivity contribution in [1.82, 2.24) is 9.80 Å². The summed E-state index contributed by atoms with van der Waals surface area (Å²) in [7, 11) is -2.51. The highest BCUT2D eigenvalue weighted by atomic mass is 32.2. The number of carbonyl (C=O) groups excluding carboxylic acids is 1. The summed E-state index contributed by atoms with van der Waals surface area (Å²) in [6.45, 7) is 7.10. The van der Waals surface area contributed by atoms with Crippen LogP contribution in [0.3, 0.4) is 0 Å². The quantitative estimate of drug-likeness (QED) is 0.632. The van der Waals surface area contributed by atoms with Crippen LogP contribution in [0.25, 0.3) is 0 Å². The van der Waals surface area contributed by atoms with Crippen molar-refractivity contribution in [2.75, 3.05) is 31.5 Å². The first-order valence-electron chi connectivity index (χ1n) is 11.6. The summed E-state index contributed by atoms with van der Waals surface area (Å²) in [5.41, 5.74) is 1.87. The first-order valence-corrected chi connectivity index (χ1v) is 13.1. The van der Waals surface area contributed by atoms with Crippen LogP contribution in [-0.2, 0) is 10.0 Å². The van der Waals surface area contributed by atoms with Crippen LogP contribution in [0.2, 0.25) is 0 Å². The van der Waals surface area contributed by atoms with Gasteiger partial charge in [-0.05, 0) is 69.5 Å². The van der Waals surface area contributed by atoms with Gasteiger partial charge in [-0.3, -0.25) is 9.52 Å². The Morgan fingerprint density at radius 1 is 1.06 bits per heavy atom. The van der Waals surface area contributed by atoms with Gasteiger partial charge in [0.1, 0.15) is 10.6 Å². The zero-order chi connectivity index (χ0) is 23.6. The van der Waals surface area contributed by atoms with E-state index in [1.165, 1.54) is 13.2 Å². The van der Waals surface area contributed by atoms with E-state index in [1.807, 2.05) is 24.0 Å². The van der Waals surface area contributed by atoms with E-state index < -0.39 is 10.0 Å². The van der Waals surface area contributed by atoms with Crippen molar-refractivity contribution < 1.29 is 17.9 Å². The number of aryl methyl sites for hydroxylation is 1. The third-order valence-electron chi connectivity index (χ3n) is 6.58. The number of likely N-dealkylation sites (tertiary alicyclic amines) is 1. The molecule has 2 aromatic rings. The first-order chi connectivity index (χ1) is 15.8. The van der Waals surface area contributed by atoms with Gasteiger partial charge in [0.25, 0.3) is 15.9 Å². The normalized spacial score (nSPS) is 17.5. The Labute approximate surface area is 196 Å². The maximum absolute atomic E-state index is 13.6. The number of nitrogens with one attached hydrogen (secondary N) is 1. The van der Waals surface area contributed by atoms with Crippen LogP contribution in [0, 0.1) is 6.92 Å². The Hall–Kier alpha value is -2.58. The molecule has 0 bridgehead atoms. The van der Waals surface area contributed by atoms with E-state index in [4.69, 9.17) is 4.74 Å². The first kappa shape index (κ1) is 23.6. The SMILES string of the molecule is CCN1CCC(N(C(=O)c2ccc(OC)c(S(=O)(=O)Nc3ccc(C)cc3)c2)C2CC2)CC1. The van der Waals surface area contributed by atoms with Crippen molar-refractivity contribution in [1.29, 1.82) is 0 Å². The highest BCUT2D eigenvalue weighted by Crippen LogP contribution is 2.35. The van der Waals surface area contributed by atoms with E-state index in [-0.39, 0.29) is 28.6 Å². The highest BCUT2D eigenvalue weighted by Gasteiger charge is 2.39. The lowest BCUT2D eigenvalue weighted by Gasteiger charge is -2.38. The van der Waals surface area contributed by atoms with Gasteiger partial charge in [-0.15, -0.1) is 0 Å². The van der Waals surface area contributed by atoms with E-state index in [0.717, 1.165) is 50.9 Å². The fourth-order valence-corrected chi connectivity index (χ4v) is 5.75. The summed E-state index contributed by atoms with van der Waals surface area (Å²) in [5, 5.41) is 0. The molecular weight excluding hydrogens is 438 g/mol. The van der Waals surface area contributed by atoms with Crippen LogP contribution < -0.4 is 9.46 Å². The lowest BCUT2D eigenvalue weighted by Crippen LogP contribution is -2.48. The minimum Gasteiger partial charge on any atom is -0.495 e. The second-order valence-corrected chi connectivity index (χ2v) is 10.6. The molecule has 0 atom stereocenters. The smallest absolute Gasteiger partial charge is 0.265 e. The van der Waals surface area contributed by atoms with Gasteiger partial charge in [-0.1, -0.05) is 24.6 Å². The summed E-state index contributed by atoms with van der Waals surface area (Å²) >= 11 is 0. The minimum atomic E-state index is -3.94. The number of rotatable bonds is 8. The summed E-state index contributed by atoms with van der Waals surface area (Å²) in [5.74, 6) is 0.113. The molecule has 2 aromatic carbocycles. The number of hydrogen-bond acceptors (Lipinski definition) is 5. The second kappa shape index (κ2) is 9.73. The number of amides is 1. The zero-order valence-electron chi connectivity index (χ0n) is 19.6. The Morgan fingerprint density at radius 3 is 2.27 bits per heavy atom. The molecule has 1 heterocycles. The standard InChI is InChI=1S/C25H33N3O4S/c1-4-27-15-13-22(14-16-27)28(21-10-11-21)25(29)19-7-12-23(32-3)24(17-19)33(30,31)26-20-8-5-18(2)6-9-20/h5-9,12,17,21-22,26H,4,10-11,13-16H2,1-3H3. The average Bonchev–Trinajstić information content (AvgIpc) is 3.65. The number of methoxy groups -OCH3 is 1. The number of anilines is 1. The number of hydrogen-bond donors (Lipinski definition) is 1. The van der Waals surface area contributed by atoms with Crippen molar-refractivity contribution in [3.05, 3.63) is 53.6 Å². The molecule has 0 aromatic heterocycles. The van der Waals surface area contributed by atoms with E-state index in [0.29, 0.717) is 11.3 Å². The topological polar surface area (TPSA) is 79.0 Å². The molecule has 0 radical (unpaired) electrons. The van der Waals surface area contributed by atoms with Crippen molar-refractivity contribution in [2.45, 2.75) is 56.5 Å². The third kappa shape index (κ3) is 5.33. The number of sulfonamides is 1. The van der Waals surface area contributed by atoms with Crippen LogP contribution in [-0.4, -0.2) is 63.0 Å². The van der Waals surface area contributed by atoms with Crippen LogP contribution in [0.4, 0.5) is 5.69 Å². The van der Waals surface area contributed by atoms with E-state index in [2.05, 4.69) is 16.5 Å². The molecule has 0 spiro atoms. The minimum absolute atomic E-state index is 0.0343. The molecule has 4 rings (SSSR count). The summed E-state index contributed by atoms with van der Waals surface area (Å²) in [4.78, 5) is 18.0. The van der Waals surface area contributed by atoms with E-state index in [9.17, 15) is 13.2 Å². The fraction of sp³-hybridized carbons (Fsp3) is 0.480. The van der Waals surface area contributed by atoms with Gasteiger partial charge in [-0.25, -0.2) is 8.42 Å². The molecule has 2 fully saturated rings. The van der Waals surface area contributed by atoms with Gasteiger partial charge in [-0.2, -0.15) is 0 Å².